The highest BCUT2D eigenvalue weighted by molar-refractivity contribution is 5.80. The van der Waals surface area contributed by atoms with Crippen molar-refractivity contribution in [2.75, 3.05) is 0 Å². The molecule has 0 aliphatic rings. The minimum absolute atomic E-state index is 0.152. The second-order valence-corrected chi connectivity index (χ2v) is 5.74. The second-order valence-electron chi connectivity index (χ2n) is 5.74. The normalized spacial score (nSPS) is 11.8. The highest BCUT2D eigenvalue weighted by Gasteiger charge is 2.19. The molecule has 1 amide bonds. The molecule has 1 heterocycles. The second kappa shape index (κ2) is 8.23. The highest BCUT2D eigenvalue weighted by Crippen LogP contribution is 2.16. The van der Waals surface area contributed by atoms with Crippen LogP contribution in [0.1, 0.15) is 42.0 Å². The number of benzene rings is 1. The Morgan fingerprint density at radius 2 is 1.96 bits per heavy atom. The van der Waals surface area contributed by atoms with Gasteiger partial charge >= 0.3 is 5.97 Å². The molecule has 3 N–H and O–H groups in total. The highest BCUT2D eigenvalue weighted by atomic mass is 16.4. The lowest BCUT2D eigenvalue weighted by Crippen LogP contribution is -2.33. The number of amides is 1. The fourth-order valence-corrected chi connectivity index (χ4v) is 2.56. The number of aromatic nitrogens is 2. The van der Waals surface area contributed by atoms with Crippen molar-refractivity contribution >= 4 is 11.9 Å². The Labute approximate surface area is 145 Å². The maximum Gasteiger partial charge on any atom is 0.305 e. The summed E-state index contributed by atoms with van der Waals surface area (Å²) in [6.45, 7) is 3.56. The Bertz CT molecular complexity index is 815. The molecule has 132 valence electrons. The average molecular weight is 343 g/mol. The van der Waals surface area contributed by atoms with Crippen LogP contribution in [0.25, 0.3) is 0 Å². The summed E-state index contributed by atoms with van der Waals surface area (Å²) in [4.78, 5) is 42.5. The molecule has 0 spiro atoms. The number of aryl methyl sites for hydroxylation is 2. The third-order valence-electron chi connectivity index (χ3n) is 3.86. The molecule has 0 aliphatic carbocycles. The van der Waals surface area contributed by atoms with Crippen LogP contribution in [0.15, 0.2) is 35.1 Å². The lowest BCUT2D eigenvalue weighted by Gasteiger charge is -2.17. The zero-order chi connectivity index (χ0) is 18.4. The first-order valence-electron chi connectivity index (χ1n) is 8.05. The third-order valence-corrected chi connectivity index (χ3v) is 3.86. The molecule has 0 fully saturated rings. The smallest absolute Gasteiger partial charge is 0.305 e. The number of rotatable bonds is 7. The standard InChI is InChI=1S/C18H21N3O4/c1-3-15-19-11(2)13(18(25)21-15)9-16(22)20-14(10-17(23)24)12-7-5-4-6-8-12/h4-8,14H,3,9-10H2,1-2H3,(H,20,22)(H,23,24)(H,19,21,25)/t14-/m1/s1. The summed E-state index contributed by atoms with van der Waals surface area (Å²) in [5.74, 6) is -0.869. The summed E-state index contributed by atoms with van der Waals surface area (Å²) in [6.07, 6.45) is 0.205. The molecule has 0 radical (unpaired) electrons. The number of nitrogens with zero attached hydrogens (tertiary/aromatic N) is 1. The van der Waals surface area contributed by atoms with Gasteiger partial charge in [0.2, 0.25) is 5.91 Å². The van der Waals surface area contributed by atoms with Crippen LogP contribution in [0.4, 0.5) is 0 Å². The van der Waals surface area contributed by atoms with Gasteiger partial charge in [0.05, 0.1) is 18.9 Å². The lowest BCUT2D eigenvalue weighted by atomic mass is 10.0. The number of carboxylic acid groups (broad SMARTS) is 1. The zero-order valence-electron chi connectivity index (χ0n) is 14.2. The number of carboxylic acids is 1. The molecular formula is C18H21N3O4. The summed E-state index contributed by atoms with van der Waals surface area (Å²) >= 11 is 0. The van der Waals surface area contributed by atoms with Gasteiger partial charge in [-0.2, -0.15) is 0 Å². The summed E-state index contributed by atoms with van der Waals surface area (Å²) in [5, 5.41) is 11.8. The summed E-state index contributed by atoms with van der Waals surface area (Å²) in [7, 11) is 0. The maximum atomic E-state index is 12.4. The quantitative estimate of drug-likeness (QED) is 0.705. The Balaban J connectivity index is 2.17. The third kappa shape index (κ3) is 5.00. The van der Waals surface area contributed by atoms with Crippen LogP contribution in [0.5, 0.6) is 0 Å². The van der Waals surface area contributed by atoms with Crippen molar-refractivity contribution < 1.29 is 14.7 Å². The van der Waals surface area contributed by atoms with Crippen LogP contribution < -0.4 is 10.9 Å². The fraction of sp³-hybridized carbons (Fsp3) is 0.333. The number of aliphatic carboxylic acids is 1. The van der Waals surface area contributed by atoms with Crippen molar-refractivity contribution in [3.05, 3.63) is 63.3 Å². The van der Waals surface area contributed by atoms with Gasteiger partial charge in [0.1, 0.15) is 5.82 Å². The Kier molecular flexibility index (Phi) is 6.05. The van der Waals surface area contributed by atoms with Crippen molar-refractivity contribution in [1.29, 1.82) is 0 Å². The molecule has 1 aromatic heterocycles. The van der Waals surface area contributed by atoms with Crippen LogP contribution in [0.3, 0.4) is 0 Å². The number of nitrogens with one attached hydrogen (secondary N) is 2. The van der Waals surface area contributed by atoms with Gasteiger partial charge in [0.25, 0.3) is 5.56 Å². The lowest BCUT2D eigenvalue weighted by molar-refractivity contribution is -0.137. The van der Waals surface area contributed by atoms with E-state index in [-0.39, 0.29) is 24.0 Å². The van der Waals surface area contributed by atoms with Gasteiger partial charge in [0.15, 0.2) is 0 Å². The van der Waals surface area contributed by atoms with E-state index < -0.39 is 17.9 Å². The number of hydrogen-bond donors (Lipinski definition) is 3. The number of carbonyl (C=O) groups is 2. The van der Waals surface area contributed by atoms with E-state index in [9.17, 15) is 14.4 Å². The Morgan fingerprint density at radius 1 is 1.28 bits per heavy atom. The number of carbonyl (C=O) groups excluding carboxylic acids is 1. The van der Waals surface area contributed by atoms with Gasteiger partial charge in [0, 0.05) is 17.7 Å². The van der Waals surface area contributed by atoms with E-state index in [2.05, 4.69) is 15.3 Å². The minimum atomic E-state index is -1.02. The SMILES string of the molecule is CCc1nc(C)c(CC(=O)N[C@H](CC(=O)O)c2ccccc2)c(=O)[nH]1. The molecule has 0 unspecified atom stereocenters. The number of aromatic amines is 1. The minimum Gasteiger partial charge on any atom is -0.481 e. The molecule has 1 aromatic carbocycles. The summed E-state index contributed by atoms with van der Waals surface area (Å²) in [5.41, 5.74) is 1.15. The zero-order valence-corrected chi connectivity index (χ0v) is 14.2. The van der Waals surface area contributed by atoms with E-state index in [1.807, 2.05) is 13.0 Å². The molecule has 7 heteroatoms. The van der Waals surface area contributed by atoms with E-state index in [0.717, 1.165) is 0 Å². The molecule has 0 saturated carbocycles. The van der Waals surface area contributed by atoms with Crippen molar-refractivity contribution in [3.8, 4) is 0 Å². The van der Waals surface area contributed by atoms with Gasteiger partial charge in [-0.05, 0) is 12.5 Å². The predicted octanol–water partition coefficient (Wildman–Crippen LogP) is 1.52. The first-order chi connectivity index (χ1) is 11.9. The van der Waals surface area contributed by atoms with Gasteiger partial charge in [-0.15, -0.1) is 0 Å². The predicted molar refractivity (Wildman–Crippen MR) is 92.3 cm³/mol. The van der Waals surface area contributed by atoms with E-state index in [0.29, 0.717) is 23.5 Å². The molecule has 25 heavy (non-hydrogen) atoms. The molecule has 2 aromatic rings. The topological polar surface area (TPSA) is 112 Å². The first-order valence-corrected chi connectivity index (χ1v) is 8.05. The van der Waals surface area contributed by atoms with Gasteiger partial charge in [-0.1, -0.05) is 37.3 Å². The van der Waals surface area contributed by atoms with Crippen molar-refractivity contribution in [2.45, 2.75) is 39.2 Å². The van der Waals surface area contributed by atoms with Gasteiger partial charge in [-0.3, -0.25) is 14.4 Å². The van der Waals surface area contributed by atoms with Crippen LogP contribution in [-0.2, 0) is 22.4 Å². The molecule has 1 atom stereocenters. The van der Waals surface area contributed by atoms with Gasteiger partial charge < -0.3 is 15.4 Å². The van der Waals surface area contributed by atoms with Crippen LogP contribution in [0, 0.1) is 6.92 Å². The monoisotopic (exact) mass is 343 g/mol. The van der Waals surface area contributed by atoms with E-state index >= 15 is 0 Å². The van der Waals surface area contributed by atoms with Gasteiger partial charge in [-0.25, -0.2) is 4.98 Å². The van der Waals surface area contributed by atoms with Crippen molar-refractivity contribution in [3.63, 3.8) is 0 Å². The van der Waals surface area contributed by atoms with E-state index in [4.69, 9.17) is 5.11 Å². The molecular weight excluding hydrogens is 322 g/mol. The molecule has 0 bridgehead atoms. The van der Waals surface area contributed by atoms with E-state index in [1.54, 1.807) is 31.2 Å². The summed E-state index contributed by atoms with van der Waals surface area (Å²) in [6, 6.07) is 8.21. The fourth-order valence-electron chi connectivity index (χ4n) is 2.56. The van der Waals surface area contributed by atoms with Crippen molar-refractivity contribution in [1.82, 2.24) is 15.3 Å². The van der Waals surface area contributed by atoms with Crippen LogP contribution in [0.2, 0.25) is 0 Å². The maximum absolute atomic E-state index is 12.4. The number of H-pyrrole nitrogens is 1. The van der Waals surface area contributed by atoms with Crippen LogP contribution >= 0.6 is 0 Å². The molecule has 0 aliphatic heterocycles. The van der Waals surface area contributed by atoms with Crippen LogP contribution in [-0.4, -0.2) is 27.0 Å². The molecule has 2 rings (SSSR count). The first kappa shape index (κ1) is 18.4. The largest absolute Gasteiger partial charge is 0.481 e. The molecule has 0 saturated heterocycles. The Morgan fingerprint density at radius 3 is 2.52 bits per heavy atom. The summed E-state index contributed by atoms with van der Waals surface area (Å²) < 4.78 is 0. The van der Waals surface area contributed by atoms with E-state index in [1.165, 1.54) is 0 Å². The number of hydrogen-bond acceptors (Lipinski definition) is 4. The molecule has 7 nitrogen and oxygen atoms in total. The van der Waals surface area contributed by atoms with Crippen molar-refractivity contribution in [2.24, 2.45) is 0 Å². The average Bonchev–Trinajstić information content (AvgIpc) is 2.57. The Hall–Kier alpha value is -2.96.